The number of hydrogen-bond acceptors (Lipinski definition) is 5. The molecule has 1 heterocycles. The molecule has 7 nitrogen and oxygen atoms in total. The number of rotatable bonds is 6. The van der Waals surface area contributed by atoms with Gasteiger partial charge < -0.3 is 9.47 Å². The fraction of sp³-hybridized carbons (Fsp3) is 0.0800. The second-order valence-electron chi connectivity index (χ2n) is 7.57. The molecule has 190 valence electrons. The van der Waals surface area contributed by atoms with Crippen molar-refractivity contribution in [1.82, 2.24) is 5.32 Å². The fourth-order valence-corrected chi connectivity index (χ4v) is 4.71. The lowest BCUT2D eigenvalue weighted by atomic mass is 10.1. The van der Waals surface area contributed by atoms with E-state index in [1.807, 2.05) is 0 Å². The van der Waals surface area contributed by atoms with E-state index in [-0.39, 0.29) is 23.6 Å². The van der Waals surface area contributed by atoms with Crippen LogP contribution in [0.15, 0.2) is 63.0 Å². The third kappa shape index (κ3) is 5.52. The molecule has 4 rings (SSSR count). The molecule has 1 fully saturated rings. The quantitative estimate of drug-likeness (QED) is 0.227. The molecule has 3 aromatic carbocycles. The van der Waals surface area contributed by atoms with Crippen LogP contribution in [0.4, 0.5) is 14.9 Å². The maximum Gasteiger partial charge on any atom is 0.336 e. The van der Waals surface area contributed by atoms with Crippen molar-refractivity contribution in [2.24, 2.45) is 0 Å². The highest BCUT2D eigenvalue weighted by atomic mass is 79.9. The van der Waals surface area contributed by atoms with Crippen molar-refractivity contribution in [2.45, 2.75) is 6.61 Å². The van der Waals surface area contributed by atoms with Gasteiger partial charge in [-0.2, -0.15) is 0 Å². The first kappa shape index (κ1) is 27.1. The molecule has 37 heavy (non-hydrogen) atoms. The topological polar surface area (TPSA) is 84.9 Å². The number of nitrogens with one attached hydrogen (secondary N) is 1. The van der Waals surface area contributed by atoms with Crippen LogP contribution in [-0.4, -0.2) is 25.0 Å². The first-order chi connectivity index (χ1) is 17.6. The number of barbiturate groups is 1. The second-order valence-corrected chi connectivity index (χ2v) is 9.97. The summed E-state index contributed by atoms with van der Waals surface area (Å²) in [5.74, 6) is -2.09. The summed E-state index contributed by atoms with van der Waals surface area (Å²) in [5.41, 5.74) is 0.439. The number of carbonyl (C=O) groups excluding carboxylic acids is 3. The van der Waals surface area contributed by atoms with Crippen LogP contribution in [-0.2, 0) is 16.2 Å². The van der Waals surface area contributed by atoms with Gasteiger partial charge in [0, 0.05) is 4.47 Å². The lowest BCUT2D eigenvalue weighted by molar-refractivity contribution is -0.122. The number of benzene rings is 3. The smallest absolute Gasteiger partial charge is 0.336 e. The van der Waals surface area contributed by atoms with Gasteiger partial charge in [-0.25, -0.2) is 14.1 Å². The van der Waals surface area contributed by atoms with Crippen molar-refractivity contribution >= 4 is 84.7 Å². The van der Waals surface area contributed by atoms with Gasteiger partial charge in [0.05, 0.1) is 27.3 Å². The minimum atomic E-state index is -1.05. The highest BCUT2D eigenvalue weighted by Crippen LogP contribution is 2.44. The molecule has 0 aromatic heterocycles. The van der Waals surface area contributed by atoms with Crippen molar-refractivity contribution in [3.8, 4) is 11.5 Å². The standard InChI is InChI=1S/C25H15Br2Cl2FN2O5/c1-36-19-10-13(20(26)21(27)22(19)37-11-12-6-7-15(28)16(29)8-12)9-14-23(33)31-25(35)32(24(14)34)18-5-3-2-4-17(18)30/h2-10H,11H2,1H3,(H,31,33,35)/b14-9+. The van der Waals surface area contributed by atoms with Gasteiger partial charge in [0.1, 0.15) is 18.0 Å². The number of amides is 4. The summed E-state index contributed by atoms with van der Waals surface area (Å²) in [7, 11) is 1.43. The highest BCUT2D eigenvalue weighted by Gasteiger charge is 2.38. The number of para-hydroxylation sites is 1. The highest BCUT2D eigenvalue weighted by molar-refractivity contribution is 9.13. The number of halogens is 5. The van der Waals surface area contributed by atoms with E-state index in [2.05, 4.69) is 37.2 Å². The predicted molar refractivity (Wildman–Crippen MR) is 145 cm³/mol. The third-order valence-corrected chi connectivity index (χ3v) is 8.12. The zero-order valence-corrected chi connectivity index (χ0v) is 23.5. The lowest BCUT2D eigenvalue weighted by Gasteiger charge is -2.26. The predicted octanol–water partition coefficient (Wildman–Crippen LogP) is 6.91. The number of nitrogens with zero attached hydrogens (tertiary/aromatic N) is 1. The Morgan fingerprint density at radius 1 is 1.03 bits per heavy atom. The Balaban J connectivity index is 1.70. The number of methoxy groups -OCH3 is 1. The van der Waals surface area contributed by atoms with E-state index >= 15 is 0 Å². The number of imide groups is 2. The van der Waals surface area contributed by atoms with Gasteiger partial charge in [-0.3, -0.25) is 14.9 Å². The summed E-state index contributed by atoms with van der Waals surface area (Å²) in [5, 5.41) is 2.87. The van der Waals surface area contributed by atoms with Gasteiger partial charge in [0.15, 0.2) is 11.5 Å². The summed E-state index contributed by atoms with van der Waals surface area (Å²) in [6.45, 7) is 0.138. The first-order valence-corrected chi connectivity index (χ1v) is 12.7. The minimum Gasteiger partial charge on any atom is -0.493 e. The Kier molecular flexibility index (Phi) is 8.23. The molecule has 3 aromatic rings. The van der Waals surface area contributed by atoms with Crippen LogP contribution in [0.1, 0.15) is 11.1 Å². The fourth-order valence-electron chi connectivity index (χ4n) is 3.45. The summed E-state index contributed by atoms with van der Waals surface area (Å²) >= 11 is 18.9. The van der Waals surface area contributed by atoms with E-state index in [0.717, 1.165) is 11.6 Å². The Morgan fingerprint density at radius 3 is 2.43 bits per heavy atom. The van der Waals surface area contributed by atoms with E-state index in [1.165, 1.54) is 37.5 Å². The largest absolute Gasteiger partial charge is 0.493 e. The number of ether oxygens (including phenoxy) is 2. The number of carbonyl (C=O) groups is 3. The third-order valence-electron chi connectivity index (χ3n) is 5.24. The van der Waals surface area contributed by atoms with Crippen LogP contribution in [0.5, 0.6) is 11.5 Å². The van der Waals surface area contributed by atoms with Gasteiger partial charge in [-0.05, 0) is 79.4 Å². The molecule has 0 bridgehead atoms. The van der Waals surface area contributed by atoms with Crippen molar-refractivity contribution < 1.29 is 28.2 Å². The Bertz CT molecular complexity index is 1480. The number of anilines is 1. The van der Waals surface area contributed by atoms with E-state index in [1.54, 1.807) is 18.2 Å². The van der Waals surface area contributed by atoms with Gasteiger partial charge in [-0.1, -0.05) is 41.4 Å². The molecular weight excluding hydrogens is 658 g/mol. The molecule has 0 atom stereocenters. The van der Waals surface area contributed by atoms with Crippen LogP contribution < -0.4 is 19.7 Å². The van der Waals surface area contributed by atoms with Crippen LogP contribution in [0.25, 0.3) is 6.08 Å². The monoisotopic (exact) mass is 670 g/mol. The molecule has 0 spiro atoms. The molecule has 1 aliphatic heterocycles. The van der Waals surface area contributed by atoms with Crippen LogP contribution in [0, 0.1) is 5.82 Å². The second kappa shape index (κ2) is 11.2. The van der Waals surface area contributed by atoms with E-state index in [4.69, 9.17) is 32.7 Å². The van der Waals surface area contributed by atoms with Gasteiger partial charge in [0.2, 0.25) is 0 Å². The molecule has 1 N–H and O–H groups in total. The molecule has 12 heteroatoms. The zero-order chi connectivity index (χ0) is 26.9. The van der Waals surface area contributed by atoms with Crippen molar-refractivity contribution in [3.63, 3.8) is 0 Å². The molecular formula is C25H15Br2Cl2FN2O5. The first-order valence-electron chi connectivity index (χ1n) is 10.4. The van der Waals surface area contributed by atoms with Gasteiger partial charge in [0.25, 0.3) is 11.8 Å². The summed E-state index contributed by atoms with van der Waals surface area (Å²) in [6.07, 6.45) is 1.26. The molecule has 1 aliphatic rings. The number of urea groups is 1. The molecule has 0 saturated carbocycles. The SMILES string of the molecule is COc1cc(/C=C2\C(=O)NC(=O)N(c3ccccc3F)C2=O)c(Br)c(Br)c1OCc1ccc(Cl)c(Cl)c1. The van der Waals surface area contributed by atoms with Crippen molar-refractivity contribution in [1.29, 1.82) is 0 Å². The molecule has 1 saturated heterocycles. The average Bonchev–Trinajstić information content (AvgIpc) is 2.86. The van der Waals surface area contributed by atoms with E-state index in [0.29, 0.717) is 35.2 Å². The van der Waals surface area contributed by atoms with E-state index < -0.39 is 23.7 Å². The summed E-state index contributed by atoms with van der Waals surface area (Å²) in [4.78, 5) is 38.6. The minimum absolute atomic E-state index is 0.138. The molecule has 4 amide bonds. The summed E-state index contributed by atoms with van der Waals surface area (Å²) in [6, 6.07) is 10.8. The van der Waals surface area contributed by atoms with Crippen LogP contribution in [0.2, 0.25) is 10.0 Å². The maximum atomic E-state index is 14.3. The Labute approximate surface area is 237 Å². The lowest BCUT2D eigenvalue weighted by Crippen LogP contribution is -2.54. The normalized spacial score (nSPS) is 14.7. The maximum absolute atomic E-state index is 14.3. The zero-order valence-electron chi connectivity index (χ0n) is 18.8. The Hall–Kier alpha value is -2.92. The van der Waals surface area contributed by atoms with Crippen LogP contribution >= 0.6 is 55.1 Å². The van der Waals surface area contributed by atoms with E-state index in [9.17, 15) is 18.8 Å². The van der Waals surface area contributed by atoms with Gasteiger partial charge >= 0.3 is 6.03 Å². The molecule has 0 unspecified atom stereocenters. The van der Waals surface area contributed by atoms with Crippen molar-refractivity contribution in [3.05, 3.63) is 90.0 Å². The van der Waals surface area contributed by atoms with Crippen molar-refractivity contribution in [2.75, 3.05) is 12.0 Å². The Morgan fingerprint density at radius 2 is 1.76 bits per heavy atom. The summed E-state index contributed by atoms with van der Waals surface area (Å²) < 4.78 is 26.6. The molecule has 0 aliphatic carbocycles. The van der Waals surface area contributed by atoms with Gasteiger partial charge in [-0.15, -0.1) is 0 Å². The average molecular weight is 673 g/mol. The number of hydrogen-bond donors (Lipinski definition) is 1. The van der Waals surface area contributed by atoms with Crippen LogP contribution in [0.3, 0.4) is 0 Å². The molecule has 0 radical (unpaired) electrons.